The Labute approximate surface area is 164 Å². The molecule has 0 bridgehead atoms. The number of rotatable bonds is 4. The Kier molecular flexibility index (Phi) is 4.70. The first-order chi connectivity index (χ1) is 13.7. The Morgan fingerprint density at radius 1 is 0.786 bits per heavy atom. The van der Waals surface area contributed by atoms with E-state index in [-0.39, 0.29) is 0 Å². The van der Waals surface area contributed by atoms with Gasteiger partial charge in [0.25, 0.3) is 0 Å². The molecule has 0 aromatic heterocycles. The average molecular weight is 365 g/mol. The highest BCUT2D eigenvalue weighted by molar-refractivity contribution is 6.12. The second kappa shape index (κ2) is 7.46. The van der Waals surface area contributed by atoms with E-state index in [0.29, 0.717) is 17.1 Å². The van der Waals surface area contributed by atoms with Crippen LogP contribution < -0.4 is 9.47 Å². The van der Waals surface area contributed by atoms with Gasteiger partial charge >= 0.3 is 0 Å². The van der Waals surface area contributed by atoms with Crippen molar-refractivity contribution in [3.05, 3.63) is 83.9 Å². The van der Waals surface area contributed by atoms with Gasteiger partial charge in [0.15, 0.2) is 11.5 Å². The summed E-state index contributed by atoms with van der Waals surface area (Å²) in [4.78, 5) is 0. The lowest BCUT2D eigenvalue weighted by Crippen LogP contribution is -1.92. The zero-order chi connectivity index (χ0) is 19.5. The third-order valence-corrected chi connectivity index (χ3v) is 4.91. The molecule has 136 valence electrons. The molecule has 0 N–H and O–H groups in total. The van der Waals surface area contributed by atoms with E-state index < -0.39 is 0 Å². The molecule has 0 fully saturated rings. The minimum Gasteiger partial charge on any atom is -0.493 e. The molecule has 0 aliphatic heterocycles. The van der Waals surface area contributed by atoms with Crippen LogP contribution in [0.4, 0.5) is 0 Å². The molecule has 0 radical (unpaired) electrons. The van der Waals surface area contributed by atoms with E-state index in [4.69, 9.17) is 9.47 Å². The van der Waals surface area contributed by atoms with Crippen LogP contribution in [0, 0.1) is 11.3 Å². The Morgan fingerprint density at radius 3 is 2.18 bits per heavy atom. The van der Waals surface area contributed by atoms with E-state index in [0.717, 1.165) is 21.9 Å². The summed E-state index contributed by atoms with van der Waals surface area (Å²) in [5.41, 5.74) is 2.37. The summed E-state index contributed by atoms with van der Waals surface area (Å²) >= 11 is 0. The van der Waals surface area contributed by atoms with E-state index in [2.05, 4.69) is 42.5 Å². The smallest absolute Gasteiger partial charge is 0.161 e. The van der Waals surface area contributed by atoms with E-state index in [1.54, 1.807) is 14.2 Å². The lowest BCUT2D eigenvalue weighted by atomic mass is 9.95. The number of methoxy groups -OCH3 is 2. The fraction of sp³-hybridized carbons (Fsp3) is 0.0800. The molecule has 28 heavy (non-hydrogen) atoms. The van der Waals surface area contributed by atoms with Crippen LogP contribution in [0.15, 0.2) is 72.8 Å². The molecule has 0 aliphatic carbocycles. The number of benzene rings is 4. The summed E-state index contributed by atoms with van der Waals surface area (Å²) < 4.78 is 10.7. The van der Waals surface area contributed by atoms with Crippen molar-refractivity contribution in [2.24, 2.45) is 0 Å². The van der Waals surface area contributed by atoms with Gasteiger partial charge < -0.3 is 9.47 Å². The molecular weight excluding hydrogens is 346 g/mol. The van der Waals surface area contributed by atoms with Crippen LogP contribution in [0.5, 0.6) is 11.5 Å². The molecule has 0 saturated carbocycles. The van der Waals surface area contributed by atoms with Gasteiger partial charge in [0.2, 0.25) is 0 Å². The number of ether oxygens (including phenoxy) is 2. The van der Waals surface area contributed by atoms with Crippen molar-refractivity contribution in [1.82, 2.24) is 0 Å². The Bertz CT molecular complexity index is 1250. The molecule has 0 amide bonds. The third kappa shape index (κ3) is 3.06. The summed E-state index contributed by atoms with van der Waals surface area (Å²) in [6.07, 6.45) is 1.94. The van der Waals surface area contributed by atoms with E-state index in [9.17, 15) is 5.26 Å². The minimum atomic E-state index is 0.571. The van der Waals surface area contributed by atoms with Crippen molar-refractivity contribution in [2.75, 3.05) is 14.2 Å². The lowest BCUT2D eigenvalue weighted by molar-refractivity contribution is 0.355. The average Bonchev–Trinajstić information content (AvgIpc) is 2.77. The van der Waals surface area contributed by atoms with Gasteiger partial charge in [-0.05, 0) is 63.0 Å². The summed E-state index contributed by atoms with van der Waals surface area (Å²) in [5, 5.41) is 14.5. The van der Waals surface area contributed by atoms with Crippen LogP contribution in [-0.2, 0) is 0 Å². The summed E-state index contributed by atoms with van der Waals surface area (Å²) in [6.45, 7) is 0. The fourth-order valence-electron chi connectivity index (χ4n) is 3.54. The molecule has 0 saturated heterocycles. The van der Waals surface area contributed by atoms with E-state index in [1.807, 2.05) is 42.5 Å². The first kappa shape index (κ1) is 17.6. The molecule has 4 rings (SSSR count). The highest BCUT2D eigenvalue weighted by atomic mass is 16.5. The lowest BCUT2D eigenvalue weighted by Gasteiger charge is -2.10. The molecule has 3 heteroatoms. The second-order valence-electron chi connectivity index (χ2n) is 6.47. The minimum absolute atomic E-state index is 0.571. The van der Waals surface area contributed by atoms with Crippen molar-refractivity contribution >= 4 is 33.2 Å². The summed E-state index contributed by atoms with van der Waals surface area (Å²) in [7, 11) is 3.19. The van der Waals surface area contributed by atoms with E-state index >= 15 is 0 Å². The third-order valence-electron chi connectivity index (χ3n) is 4.91. The van der Waals surface area contributed by atoms with Gasteiger partial charge in [0.05, 0.1) is 25.9 Å². The molecule has 4 aromatic carbocycles. The van der Waals surface area contributed by atoms with Crippen molar-refractivity contribution < 1.29 is 9.47 Å². The highest BCUT2D eigenvalue weighted by Gasteiger charge is 2.10. The van der Waals surface area contributed by atoms with Crippen LogP contribution in [-0.4, -0.2) is 14.2 Å². The molecular formula is C25H19NO2. The van der Waals surface area contributed by atoms with Gasteiger partial charge in [-0.1, -0.05) is 48.5 Å². The largest absolute Gasteiger partial charge is 0.493 e. The number of hydrogen-bond donors (Lipinski definition) is 0. The zero-order valence-corrected chi connectivity index (χ0v) is 15.8. The van der Waals surface area contributed by atoms with Crippen LogP contribution in [0.3, 0.4) is 0 Å². The highest BCUT2D eigenvalue weighted by Crippen LogP contribution is 2.33. The Balaban J connectivity index is 1.93. The molecule has 0 aliphatic rings. The molecule has 0 atom stereocenters. The Hall–Kier alpha value is -3.77. The van der Waals surface area contributed by atoms with Gasteiger partial charge in [-0.25, -0.2) is 0 Å². The molecule has 0 heterocycles. The number of allylic oxidation sites excluding steroid dienone is 1. The van der Waals surface area contributed by atoms with Crippen LogP contribution >= 0.6 is 0 Å². The second-order valence-corrected chi connectivity index (χ2v) is 6.47. The Morgan fingerprint density at radius 2 is 1.46 bits per heavy atom. The van der Waals surface area contributed by atoms with E-state index in [1.165, 1.54) is 10.8 Å². The normalized spacial score (nSPS) is 11.4. The molecule has 3 nitrogen and oxygen atoms in total. The maximum Gasteiger partial charge on any atom is 0.161 e. The monoisotopic (exact) mass is 365 g/mol. The zero-order valence-electron chi connectivity index (χ0n) is 15.8. The van der Waals surface area contributed by atoms with Crippen molar-refractivity contribution in [2.45, 2.75) is 0 Å². The SMILES string of the molecule is COc1ccc(/C(C#N)=C/c2cc3ccccc3c3ccccc23)cc1OC. The van der Waals surface area contributed by atoms with Crippen LogP contribution in [0.1, 0.15) is 11.1 Å². The van der Waals surface area contributed by atoms with Gasteiger partial charge in [-0.15, -0.1) is 0 Å². The molecule has 0 unspecified atom stereocenters. The van der Waals surface area contributed by atoms with Gasteiger partial charge in [0, 0.05) is 0 Å². The number of hydrogen-bond acceptors (Lipinski definition) is 3. The van der Waals surface area contributed by atoms with Crippen LogP contribution in [0.2, 0.25) is 0 Å². The number of nitrogens with zero attached hydrogens (tertiary/aromatic N) is 1. The summed E-state index contributed by atoms with van der Waals surface area (Å²) in [6, 6.07) is 26.6. The van der Waals surface area contributed by atoms with Gasteiger partial charge in [-0.3, -0.25) is 0 Å². The number of nitriles is 1. The van der Waals surface area contributed by atoms with Crippen molar-refractivity contribution in [1.29, 1.82) is 5.26 Å². The first-order valence-electron chi connectivity index (χ1n) is 9.00. The molecule has 4 aromatic rings. The maximum atomic E-state index is 9.83. The standard InChI is InChI=1S/C25H19NO2/c1-27-24-12-11-17(15-25(24)28-2)20(16-26)14-19-13-18-7-3-4-8-21(18)23-10-6-5-9-22(19)23/h3-15H,1-2H3/b20-14+. The predicted octanol–water partition coefficient (Wildman–Crippen LogP) is 6.07. The quantitative estimate of drug-likeness (QED) is 0.250. The predicted molar refractivity (Wildman–Crippen MR) is 114 cm³/mol. The fourth-order valence-corrected chi connectivity index (χ4v) is 3.54. The molecule has 0 spiro atoms. The topological polar surface area (TPSA) is 42.2 Å². The van der Waals surface area contributed by atoms with Gasteiger partial charge in [-0.2, -0.15) is 5.26 Å². The first-order valence-corrected chi connectivity index (χ1v) is 9.00. The van der Waals surface area contributed by atoms with Gasteiger partial charge in [0.1, 0.15) is 0 Å². The van der Waals surface area contributed by atoms with Crippen molar-refractivity contribution in [3.63, 3.8) is 0 Å². The van der Waals surface area contributed by atoms with Crippen molar-refractivity contribution in [3.8, 4) is 17.6 Å². The maximum absolute atomic E-state index is 9.83. The van der Waals surface area contributed by atoms with Crippen LogP contribution in [0.25, 0.3) is 33.2 Å². The number of fused-ring (bicyclic) bond motifs is 3. The summed E-state index contributed by atoms with van der Waals surface area (Å²) in [5.74, 6) is 1.24.